The molecule has 0 radical (unpaired) electrons. The van der Waals surface area contributed by atoms with E-state index in [1.807, 2.05) is 74.5 Å². The summed E-state index contributed by atoms with van der Waals surface area (Å²) in [4.78, 5) is 66.3. The van der Waals surface area contributed by atoms with Crippen LogP contribution in [0.5, 0.6) is 0 Å². The highest BCUT2D eigenvalue weighted by molar-refractivity contribution is 7.13. The molecular weight excluding hydrogens is 958 g/mol. The average Bonchev–Trinajstić information content (AvgIpc) is 4.14. The van der Waals surface area contributed by atoms with Gasteiger partial charge in [0.2, 0.25) is 23.6 Å². The number of aryl methyl sites for hydroxylation is 2. The lowest BCUT2D eigenvalue weighted by atomic mass is 9.79. The summed E-state index contributed by atoms with van der Waals surface area (Å²) in [5, 5.41) is 28.0. The zero-order valence-corrected chi connectivity index (χ0v) is 42.8. The Labute approximate surface area is 428 Å². The molecular formula is C54H65F3N10O5S. The minimum absolute atomic E-state index is 0.00621. The van der Waals surface area contributed by atoms with Gasteiger partial charge >= 0.3 is 6.18 Å². The number of likely N-dealkylation sites (tertiary alicyclic amines) is 3. The molecule has 0 bridgehead atoms. The number of nitrogens with zero attached hydrogens (tertiary/aromatic N) is 8. The summed E-state index contributed by atoms with van der Waals surface area (Å²) in [7, 11) is 0. The van der Waals surface area contributed by atoms with Crippen molar-refractivity contribution >= 4 is 40.8 Å². The first-order chi connectivity index (χ1) is 34.9. The number of rotatable bonds is 9. The molecule has 2 aromatic carbocycles. The number of aliphatic hydroxyl groups is 1. The van der Waals surface area contributed by atoms with E-state index in [1.54, 1.807) is 11.3 Å². The van der Waals surface area contributed by atoms with Gasteiger partial charge in [0.1, 0.15) is 17.9 Å². The number of halogens is 3. The molecule has 73 heavy (non-hydrogen) atoms. The molecule has 388 valence electrons. The lowest BCUT2D eigenvalue weighted by molar-refractivity contribution is -0.147. The molecule has 4 aliphatic heterocycles. The van der Waals surface area contributed by atoms with E-state index in [9.17, 15) is 37.5 Å². The fourth-order valence-electron chi connectivity index (χ4n) is 11.0. The fourth-order valence-corrected chi connectivity index (χ4v) is 11.8. The number of aromatic nitrogens is 4. The molecule has 1 saturated carbocycles. The maximum absolute atomic E-state index is 14.3. The number of β-amino-alcohol motifs (C(OH)–C–C–N with tert-alkyl or cyclic N) is 1. The number of piperidine rings is 2. The number of alkyl halides is 3. The number of carbonyl (C=O) groups is 4. The van der Waals surface area contributed by atoms with Crippen LogP contribution in [0.4, 0.5) is 13.2 Å². The van der Waals surface area contributed by atoms with Crippen molar-refractivity contribution in [2.24, 2.45) is 28.3 Å². The first-order valence-electron chi connectivity index (χ1n) is 25.7. The highest BCUT2D eigenvalue weighted by Gasteiger charge is 2.46. The summed E-state index contributed by atoms with van der Waals surface area (Å²) in [5.41, 5.74) is 6.18. The van der Waals surface area contributed by atoms with Crippen LogP contribution in [0.15, 0.2) is 59.1 Å². The Bertz CT molecular complexity index is 2730. The summed E-state index contributed by atoms with van der Waals surface area (Å²) in [5.74, 6) is 5.68. The molecule has 4 fully saturated rings. The second kappa shape index (κ2) is 21.8. The van der Waals surface area contributed by atoms with Gasteiger partial charge in [-0.3, -0.25) is 19.2 Å². The van der Waals surface area contributed by atoms with E-state index in [0.717, 1.165) is 57.6 Å². The number of nitrogens with one attached hydrogen (secondary N) is 2. The van der Waals surface area contributed by atoms with Crippen LogP contribution in [0.1, 0.15) is 125 Å². The Balaban J connectivity index is 0.703. The second-order valence-corrected chi connectivity index (χ2v) is 22.3. The quantitative estimate of drug-likeness (QED) is 0.150. The van der Waals surface area contributed by atoms with Crippen molar-refractivity contribution < 1.29 is 37.5 Å². The predicted octanol–water partition coefficient (Wildman–Crippen LogP) is 6.92. The van der Waals surface area contributed by atoms with Gasteiger partial charge in [-0.15, -0.1) is 21.5 Å². The smallest absolute Gasteiger partial charge is 0.391 e. The van der Waals surface area contributed by atoms with Crippen molar-refractivity contribution in [2.75, 3.05) is 32.7 Å². The summed E-state index contributed by atoms with van der Waals surface area (Å²) in [6.07, 6.45) is 1.04. The van der Waals surface area contributed by atoms with Crippen molar-refractivity contribution in [3.63, 3.8) is 0 Å². The number of thiazole rings is 1. The van der Waals surface area contributed by atoms with E-state index in [2.05, 4.69) is 59.8 Å². The summed E-state index contributed by atoms with van der Waals surface area (Å²) >= 11 is 1.57. The zero-order chi connectivity index (χ0) is 51.6. The molecule has 0 unspecified atom stereocenters. The van der Waals surface area contributed by atoms with Crippen LogP contribution in [-0.2, 0) is 38.3 Å². The van der Waals surface area contributed by atoms with Gasteiger partial charge in [0.05, 0.1) is 22.2 Å². The third-order valence-electron chi connectivity index (χ3n) is 15.4. The molecule has 4 amide bonds. The normalized spacial score (nSPS) is 22.5. The molecule has 1 aliphatic carbocycles. The number of hydrogen-bond acceptors (Lipinski definition) is 11. The second-order valence-electron chi connectivity index (χ2n) is 21.5. The maximum Gasteiger partial charge on any atom is 0.453 e. The van der Waals surface area contributed by atoms with Gasteiger partial charge < -0.3 is 30.4 Å². The van der Waals surface area contributed by atoms with Crippen molar-refractivity contribution in [1.82, 2.24) is 45.2 Å². The Morgan fingerprint density at radius 3 is 2.18 bits per heavy atom. The van der Waals surface area contributed by atoms with Gasteiger partial charge in [-0.2, -0.15) is 22.9 Å². The third kappa shape index (κ3) is 12.0. The molecule has 3 saturated heterocycles. The lowest BCUT2D eigenvalue weighted by Gasteiger charge is -2.37. The standard InChI is InChI=1S/C54H65F3N10O5S/c1-33-46(73-32-59-33)39-13-9-36(10-14-39)30-58-49(70)43-29-42(68)31-66(43)51(72)47(53(2,3)4)60-48(69)40-15-17-41(18-16-40)50(71)65-25-21-35(22-26-65)6-5-34-7-11-37(12-8-34)38-23-27-64(28-24-38)45-20-19-44-61-62-52(54(55,56)57)67(44)63-45/h7-14,32,35,38,40-43,47,68H,15-31H2,1-4H3,(H,58,70)(H,60,69)/t40?,41?,42-,43-,47+/m0/s1. The van der Waals surface area contributed by atoms with Gasteiger partial charge in [0.25, 0.3) is 5.82 Å². The molecule has 4 aromatic rings. The Morgan fingerprint density at radius 1 is 0.849 bits per heavy atom. The first kappa shape index (κ1) is 51.8. The highest BCUT2D eigenvalue weighted by Crippen LogP contribution is 2.35. The number of fused-ring (bicyclic) bond motifs is 1. The number of hydrogen-bond donors (Lipinski definition) is 3. The largest absolute Gasteiger partial charge is 0.453 e. The van der Waals surface area contributed by atoms with E-state index in [4.69, 9.17) is 0 Å². The molecule has 6 heterocycles. The average molecular weight is 1020 g/mol. The number of aliphatic hydroxyl groups excluding tert-OH is 1. The minimum atomic E-state index is -4.62. The van der Waals surface area contributed by atoms with Crippen molar-refractivity contribution in [1.29, 1.82) is 0 Å². The van der Waals surface area contributed by atoms with Gasteiger partial charge in [-0.05, 0) is 98.4 Å². The van der Waals surface area contributed by atoms with Gasteiger partial charge in [0, 0.05) is 81.8 Å². The molecule has 19 heteroatoms. The molecule has 9 rings (SSSR count). The van der Waals surface area contributed by atoms with Crippen molar-refractivity contribution in [2.45, 2.75) is 135 Å². The van der Waals surface area contributed by atoms with Crippen LogP contribution >= 0.6 is 11.3 Å². The van der Waals surface area contributed by atoms with Crippen LogP contribution in [0.2, 0.25) is 0 Å². The van der Waals surface area contributed by atoms with E-state index >= 15 is 0 Å². The highest BCUT2D eigenvalue weighted by atomic mass is 32.1. The number of amides is 4. The third-order valence-corrected chi connectivity index (χ3v) is 16.3. The molecule has 0 spiro atoms. The SMILES string of the molecule is Cc1ncsc1-c1ccc(CNC(=O)[C@@H]2C[C@H](O)CN2C(=O)[C@@H](NC(=O)C2CCC(C(=O)N3CCC(C#Cc4ccc(C5CCN(C6=Nn7c(nnc7C(F)(F)F)CC6)CC5)cc4)CC3)CC2)C(C)(C)C)cc1. The fraction of sp³-hybridized carbons (Fsp3) is 0.556. The minimum Gasteiger partial charge on any atom is -0.391 e. The molecule has 3 N–H and O–H groups in total. The molecule has 15 nitrogen and oxygen atoms in total. The number of benzene rings is 2. The first-order valence-corrected chi connectivity index (χ1v) is 26.6. The van der Waals surface area contributed by atoms with E-state index in [1.165, 1.54) is 10.5 Å². The summed E-state index contributed by atoms with van der Waals surface area (Å²) in [6, 6.07) is 14.4. The Kier molecular flexibility index (Phi) is 15.4. The van der Waals surface area contributed by atoms with Gasteiger partial charge in [-0.25, -0.2) is 4.98 Å². The van der Waals surface area contributed by atoms with Crippen molar-refractivity contribution in [3.05, 3.63) is 88.1 Å². The Morgan fingerprint density at radius 2 is 1.53 bits per heavy atom. The predicted molar refractivity (Wildman–Crippen MR) is 269 cm³/mol. The summed E-state index contributed by atoms with van der Waals surface area (Å²) in [6.45, 7) is 10.5. The van der Waals surface area contributed by atoms with E-state index < -0.39 is 41.5 Å². The number of carbonyl (C=O) groups excluding carboxylic acids is 4. The van der Waals surface area contributed by atoms with Crippen LogP contribution < -0.4 is 10.6 Å². The summed E-state index contributed by atoms with van der Waals surface area (Å²) < 4.78 is 41.1. The van der Waals surface area contributed by atoms with E-state index in [0.29, 0.717) is 76.5 Å². The molecule has 3 atom stereocenters. The molecule has 5 aliphatic rings. The Hall–Kier alpha value is -6.13. The topological polar surface area (TPSA) is 178 Å². The van der Waals surface area contributed by atoms with Crippen LogP contribution in [-0.4, -0.2) is 120 Å². The maximum atomic E-state index is 14.3. The molecule has 2 aromatic heterocycles. The van der Waals surface area contributed by atoms with Crippen LogP contribution in [0.3, 0.4) is 0 Å². The van der Waals surface area contributed by atoms with Gasteiger partial charge in [-0.1, -0.05) is 69.0 Å². The number of amidine groups is 1. The van der Waals surface area contributed by atoms with E-state index in [-0.39, 0.29) is 60.8 Å². The van der Waals surface area contributed by atoms with Crippen molar-refractivity contribution in [3.8, 4) is 22.3 Å². The van der Waals surface area contributed by atoms with Crippen LogP contribution in [0.25, 0.3) is 10.4 Å². The lowest BCUT2D eigenvalue weighted by Crippen LogP contribution is -2.58. The monoisotopic (exact) mass is 1020 g/mol. The van der Waals surface area contributed by atoms with Crippen LogP contribution in [0, 0.1) is 41.9 Å². The zero-order valence-electron chi connectivity index (χ0n) is 42.0. The van der Waals surface area contributed by atoms with Gasteiger partial charge in [0.15, 0.2) is 5.82 Å².